The van der Waals surface area contributed by atoms with Crippen molar-refractivity contribution < 1.29 is 0 Å². The second-order valence-electron chi connectivity index (χ2n) is 3.14. The summed E-state index contributed by atoms with van der Waals surface area (Å²) in [5.74, 6) is 0.557. The van der Waals surface area contributed by atoms with Gasteiger partial charge in [0, 0.05) is 6.04 Å². The minimum absolute atomic E-state index is 0.0354. The average Bonchev–Trinajstić information content (AvgIpc) is 2.03. The fourth-order valence-electron chi connectivity index (χ4n) is 1.08. The Balaban J connectivity index is 2.99. The van der Waals surface area contributed by atoms with Crippen LogP contribution in [0.25, 0.3) is 0 Å². The first-order valence-corrected chi connectivity index (χ1v) is 4.26. The summed E-state index contributed by atoms with van der Waals surface area (Å²) in [6.45, 7) is 3.71. The second-order valence-corrected chi connectivity index (χ2v) is 3.14. The van der Waals surface area contributed by atoms with E-state index in [1.165, 1.54) is 0 Å². The van der Waals surface area contributed by atoms with Crippen molar-refractivity contribution in [3.8, 4) is 0 Å². The summed E-state index contributed by atoms with van der Waals surface area (Å²) in [4.78, 5) is 4.14. The van der Waals surface area contributed by atoms with E-state index in [9.17, 15) is 0 Å². The van der Waals surface area contributed by atoms with E-state index < -0.39 is 0 Å². The molecule has 70 valence electrons. The third-order valence-corrected chi connectivity index (χ3v) is 1.70. The van der Waals surface area contributed by atoms with Crippen LogP contribution in [0.3, 0.4) is 0 Å². The predicted molar refractivity (Wildman–Crippen MR) is 56.0 cm³/mol. The number of rotatable bonds is 2. The van der Waals surface area contributed by atoms with Gasteiger partial charge in [-0.05, 0) is 31.5 Å². The third-order valence-electron chi connectivity index (χ3n) is 1.70. The Hall–Kier alpha value is -1.35. The van der Waals surface area contributed by atoms with Crippen LogP contribution < -0.4 is 11.5 Å². The first-order chi connectivity index (χ1) is 6.09. The van der Waals surface area contributed by atoms with Crippen LogP contribution in [0.1, 0.15) is 25.5 Å². The highest BCUT2D eigenvalue weighted by molar-refractivity contribution is 5.80. The Labute approximate surface area is 78.5 Å². The Bertz CT molecular complexity index is 312. The molecule has 13 heavy (non-hydrogen) atoms. The van der Waals surface area contributed by atoms with Crippen molar-refractivity contribution in [2.75, 3.05) is 0 Å². The van der Waals surface area contributed by atoms with E-state index in [2.05, 4.69) is 4.99 Å². The van der Waals surface area contributed by atoms with Gasteiger partial charge in [0.15, 0.2) is 0 Å². The summed E-state index contributed by atoms with van der Waals surface area (Å²) < 4.78 is 0. The van der Waals surface area contributed by atoms with Crippen LogP contribution in [0.2, 0.25) is 0 Å². The van der Waals surface area contributed by atoms with Crippen LogP contribution in [0.15, 0.2) is 29.3 Å². The fraction of sp³-hybridized carbons (Fsp3) is 0.300. The summed E-state index contributed by atoms with van der Waals surface area (Å²) in [5.41, 5.74) is 13.1. The highest BCUT2D eigenvalue weighted by Gasteiger charge is 1.98. The van der Waals surface area contributed by atoms with Gasteiger partial charge in [0.2, 0.25) is 0 Å². The molecule has 1 aromatic carbocycles. The molecule has 0 spiro atoms. The molecule has 3 nitrogen and oxygen atoms in total. The van der Waals surface area contributed by atoms with E-state index in [1.807, 2.05) is 31.2 Å². The van der Waals surface area contributed by atoms with Crippen LogP contribution >= 0.6 is 0 Å². The molecule has 0 saturated carbocycles. The van der Waals surface area contributed by atoms with Crippen LogP contribution in [0, 0.1) is 0 Å². The molecule has 0 aliphatic carbocycles. The lowest BCUT2D eigenvalue weighted by molar-refractivity contribution is 0.818. The van der Waals surface area contributed by atoms with E-state index in [0.717, 1.165) is 11.3 Å². The molecule has 0 radical (unpaired) electrons. The summed E-state index contributed by atoms with van der Waals surface area (Å²) >= 11 is 0. The van der Waals surface area contributed by atoms with Crippen molar-refractivity contribution in [2.24, 2.45) is 16.5 Å². The Kier molecular flexibility index (Phi) is 3.03. The van der Waals surface area contributed by atoms with Crippen LogP contribution in [-0.2, 0) is 0 Å². The van der Waals surface area contributed by atoms with Gasteiger partial charge in [-0.3, -0.25) is 0 Å². The summed E-state index contributed by atoms with van der Waals surface area (Å²) in [7, 11) is 0. The van der Waals surface area contributed by atoms with Crippen molar-refractivity contribution in [1.82, 2.24) is 0 Å². The topological polar surface area (TPSA) is 64.4 Å². The quantitative estimate of drug-likeness (QED) is 0.533. The van der Waals surface area contributed by atoms with Gasteiger partial charge in [0.05, 0.1) is 11.5 Å². The Morgan fingerprint density at radius 1 is 1.46 bits per heavy atom. The van der Waals surface area contributed by atoms with E-state index in [0.29, 0.717) is 5.84 Å². The maximum absolute atomic E-state index is 5.73. The molecular formula is C10H15N3. The number of benzene rings is 1. The summed E-state index contributed by atoms with van der Waals surface area (Å²) in [6.07, 6.45) is 0. The molecule has 0 aliphatic rings. The summed E-state index contributed by atoms with van der Waals surface area (Å²) in [6, 6.07) is 7.80. The molecule has 0 aliphatic heterocycles. The molecular weight excluding hydrogens is 162 g/mol. The molecule has 1 aromatic rings. The fourth-order valence-corrected chi connectivity index (χ4v) is 1.08. The zero-order valence-electron chi connectivity index (χ0n) is 7.99. The number of nitrogens with zero attached hydrogens (tertiary/aromatic N) is 1. The molecule has 1 unspecified atom stereocenters. The van der Waals surface area contributed by atoms with Gasteiger partial charge >= 0.3 is 0 Å². The normalized spacial score (nSPS) is 14.2. The largest absolute Gasteiger partial charge is 0.387 e. The number of amidine groups is 1. The second kappa shape index (κ2) is 4.05. The highest BCUT2D eigenvalue weighted by atomic mass is 14.8. The molecule has 0 bridgehead atoms. The smallest absolute Gasteiger partial charge is 0.0964 e. The number of nitrogens with two attached hydrogens (primary N) is 2. The third kappa shape index (κ3) is 2.87. The lowest BCUT2D eigenvalue weighted by Crippen LogP contribution is -2.05. The molecule has 0 heterocycles. The van der Waals surface area contributed by atoms with E-state index in [4.69, 9.17) is 11.5 Å². The standard InChI is InChI=1S/C10H15N3/c1-7(11)9-4-3-5-10(6-9)13-8(2)12/h3-7H,11H2,1-2H3,(H2,12,13). The molecule has 0 fully saturated rings. The molecule has 3 heteroatoms. The minimum atomic E-state index is 0.0354. The van der Waals surface area contributed by atoms with Gasteiger partial charge in [-0.2, -0.15) is 0 Å². The highest BCUT2D eigenvalue weighted by Crippen LogP contribution is 2.17. The van der Waals surface area contributed by atoms with Crippen molar-refractivity contribution in [1.29, 1.82) is 0 Å². The Morgan fingerprint density at radius 2 is 2.15 bits per heavy atom. The lowest BCUT2D eigenvalue weighted by atomic mass is 10.1. The monoisotopic (exact) mass is 177 g/mol. The average molecular weight is 177 g/mol. The molecule has 0 amide bonds. The first-order valence-electron chi connectivity index (χ1n) is 4.26. The minimum Gasteiger partial charge on any atom is -0.387 e. The van der Waals surface area contributed by atoms with Gasteiger partial charge in [-0.25, -0.2) is 4.99 Å². The van der Waals surface area contributed by atoms with E-state index >= 15 is 0 Å². The van der Waals surface area contributed by atoms with Crippen LogP contribution in [0.4, 0.5) is 5.69 Å². The molecule has 0 saturated heterocycles. The molecule has 1 atom stereocenters. The molecule has 1 rings (SSSR count). The van der Waals surface area contributed by atoms with Crippen molar-refractivity contribution in [2.45, 2.75) is 19.9 Å². The lowest BCUT2D eigenvalue weighted by Gasteiger charge is -2.05. The van der Waals surface area contributed by atoms with Crippen molar-refractivity contribution >= 4 is 11.5 Å². The van der Waals surface area contributed by atoms with E-state index in [-0.39, 0.29) is 6.04 Å². The van der Waals surface area contributed by atoms with Gasteiger partial charge in [0.25, 0.3) is 0 Å². The SMILES string of the molecule is CC(N)=Nc1cccc(C(C)N)c1. The van der Waals surface area contributed by atoms with Gasteiger partial charge < -0.3 is 11.5 Å². The molecule has 4 N–H and O–H groups in total. The maximum Gasteiger partial charge on any atom is 0.0964 e. The van der Waals surface area contributed by atoms with Gasteiger partial charge in [-0.15, -0.1) is 0 Å². The van der Waals surface area contributed by atoms with E-state index in [1.54, 1.807) is 6.92 Å². The van der Waals surface area contributed by atoms with Crippen LogP contribution in [0.5, 0.6) is 0 Å². The van der Waals surface area contributed by atoms with Gasteiger partial charge in [0.1, 0.15) is 0 Å². The molecule has 0 aromatic heterocycles. The van der Waals surface area contributed by atoms with Crippen molar-refractivity contribution in [3.05, 3.63) is 29.8 Å². The van der Waals surface area contributed by atoms with Crippen LogP contribution in [-0.4, -0.2) is 5.84 Å². The number of hydrogen-bond acceptors (Lipinski definition) is 2. The van der Waals surface area contributed by atoms with Crippen molar-refractivity contribution in [3.63, 3.8) is 0 Å². The first kappa shape index (κ1) is 9.74. The zero-order valence-corrected chi connectivity index (χ0v) is 7.99. The predicted octanol–water partition coefficient (Wildman–Crippen LogP) is 1.71. The number of aliphatic imine (C=N–C) groups is 1. The summed E-state index contributed by atoms with van der Waals surface area (Å²) in [5, 5.41) is 0. The maximum atomic E-state index is 5.73. The zero-order chi connectivity index (χ0) is 9.84. The number of hydrogen-bond donors (Lipinski definition) is 2. The van der Waals surface area contributed by atoms with Gasteiger partial charge in [-0.1, -0.05) is 12.1 Å². The Morgan fingerprint density at radius 3 is 2.69 bits per heavy atom.